The summed E-state index contributed by atoms with van der Waals surface area (Å²) >= 11 is 3.22. The molecule has 1 aromatic rings. The van der Waals surface area contributed by atoms with Gasteiger partial charge in [-0.25, -0.2) is 4.39 Å². The molecule has 112 valence electrons. The number of hydrogen-bond donors (Lipinski definition) is 1. The molecule has 4 saturated carbocycles. The van der Waals surface area contributed by atoms with E-state index in [1.54, 1.807) is 12.1 Å². The SMILES string of the molecule is O=C(NC1C2CC3CC(C2)CC1C3)c1ccc(Br)cc1F. The summed E-state index contributed by atoms with van der Waals surface area (Å²) in [6, 6.07) is 4.89. The fourth-order valence-electron chi connectivity index (χ4n) is 5.06. The fraction of sp³-hybridized carbons (Fsp3) is 0.588. The van der Waals surface area contributed by atoms with Gasteiger partial charge in [-0.2, -0.15) is 0 Å². The maximum Gasteiger partial charge on any atom is 0.254 e. The quantitative estimate of drug-likeness (QED) is 0.852. The average molecular weight is 352 g/mol. The number of amides is 1. The molecule has 0 heterocycles. The summed E-state index contributed by atoms with van der Waals surface area (Å²) in [4.78, 5) is 12.4. The van der Waals surface area contributed by atoms with Gasteiger partial charge in [-0.15, -0.1) is 0 Å². The Kier molecular flexibility index (Phi) is 3.32. The zero-order chi connectivity index (χ0) is 14.6. The number of benzene rings is 1. The van der Waals surface area contributed by atoms with E-state index >= 15 is 0 Å². The van der Waals surface area contributed by atoms with E-state index in [1.807, 2.05) is 0 Å². The minimum atomic E-state index is -0.453. The maximum atomic E-state index is 13.9. The maximum absolute atomic E-state index is 13.9. The second-order valence-corrected chi connectivity index (χ2v) is 7.97. The van der Waals surface area contributed by atoms with Gasteiger partial charge in [-0.05, 0) is 74.0 Å². The van der Waals surface area contributed by atoms with Gasteiger partial charge in [0.05, 0.1) is 5.56 Å². The second-order valence-electron chi connectivity index (χ2n) is 7.05. The van der Waals surface area contributed by atoms with Crippen molar-refractivity contribution in [2.75, 3.05) is 0 Å². The highest BCUT2D eigenvalue weighted by Gasteiger charge is 2.48. The van der Waals surface area contributed by atoms with Crippen LogP contribution in [0, 0.1) is 29.5 Å². The molecule has 4 heteroatoms. The van der Waals surface area contributed by atoms with Gasteiger partial charge in [-0.1, -0.05) is 15.9 Å². The average Bonchev–Trinajstić information content (AvgIpc) is 2.41. The van der Waals surface area contributed by atoms with Crippen LogP contribution in [0.2, 0.25) is 0 Å². The summed E-state index contributed by atoms with van der Waals surface area (Å²) in [6.07, 6.45) is 6.40. The van der Waals surface area contributed by atoms with Gasteiger partial charge < -0.3 is 5.32 Å². The van der Waals surface area contributed by atoms with Crippen LogP contribution in [0.25, 0.3) is 0 Å². The lowest BCUT2D eigenvalue weighted by molar-refractivity contribution is -0.0120. The van der Waals surface area contributed by atoms with Crippen LogP contribution < -0.4 is 5.32 Å². The summed E-state index contributed by atoms with van der Waals surface area (Å²) in [5.74, 6) is 2.28. The lowest BCUT2D eigenvalue weighted by atomic mass is 9.54. The van der Waals surface area contributed by atoms with Crippen LogP contribution >= 0.6 is 15.9 Å². The van der Waals surface area contributed by atoms with Gasteiger partial charge in [0.1, 0.15) is 5.82 Å². The Bertz CT molecular complexity index is 560. The molecule has 4 fully saturated rings. The first-order valence-electron chi connectivity index (χ1n) is 7.86. The molecule has 0 aliphatic heterocycles. The van der Waals surface area contributed by atoms with Crippen molar-refractivity contribution in [1.82, 2.24) is 5.32 Å². The predicted octanol–water partition coefficient (Wildman–Crippen LogP) is 4.14. The van der Waals surface area contributed by atoms with Crippen LogP contribution in [0.1, 0.15) is 42.5 Å². The largest absolute Gasteiger partial charge is 0.349 e. The molecule has 0 aromatic heterocycles. The van der Waals surface area contributed by atoms with E-state index in [0.29, 0.717) is 16.3 Å². The van der Waals surface area contributed by atoms with Crippen molar-refractivity contribution in [2.24, 2.45) is 23.7 Å². The molecule has 4 aliphatic rings. The van der Waals surface area contributed by atoms with Crippen molar-refractivity contribution >= 4 is 21.8 Å². The van der Waals surface area contributed by atoms with Crippen LogP contribution in [0.15, 0.2) is 22.7 Å². The molecule has 0 saturated heterocycles. The standard InChI is InChI=1S/C17H19BrFNO/c18-13-1-2-14(15(19)8-13)17(21)20-16-11-4-9-3-10(6-11)7-12(16)5-9/h1-2,8-12,16H,3-7H2,(H,20,21). The number of carbonyl (C=O) groups excluding carboxylic acids is 1. The van der Waals surface area contributed by atoms with E-state index in [9.17, 15) is 9.18 Å². The highest BCUT2D eigenvalue weighted by molar-refractivity contribution is 9.10. The molecule has 2 nitrogen and oxygen atoms in total. The van der Waals surface area contributed by atoms with Gasteiger partial charge in [-0.3, -0.25) is 4.79 Å². The summed E-state index contributed by atoms with van der Waals surface area (Å²) < 4.78 is 14.6. The highest BCUT2D eigenvalue weighted by atomic mass is 79.9. The normalized spacial score (nSPS) is 36.8. The summed E-state index contributed by atoms with van der Waals surface area (Å²) in [6.45, 7) is 0. The highest BCUT2D eigenvalue weighted by Crippen LogP contribution is 2.53. The first-order chi connectivity index (χ1) is 10.1. The molecule has 21 heavy (non-hydrogen) atoms. The molecule has 0 spiro atoms. The van der Waals surface area contributed by atoms with E-state index in [-0.39, 0.29) is 17.5 Å². The van der Waals surface area contributed by atoms with Crippen molar-refractivity contribution in [2.45, 2.75) is 38.1 Å². The van der Waals surface area contributed by atoms with E-state index < -0.39 is 5.82 Å². The van der Waals surface area contributed by atoms with E-state index in [1.165, 1.54) is 38.2 Å². The lowest BCUT2D eigenvalue weighted by Gasteiger charge is -2.54. The van der Waals surface area contributed by atoms with E-state index in [0.717, 1.165) is 11.8 Å². The summed E-state index contributed by atoms with van der Waals surface area (Å²) in [5, 5.41) is 3.14. The zero-order valence-electron chi connectivity index (χ0n) is 11.8. The summed E-state index contributed by atoms with van der Waals surface area (Å²) in [7, 11) is 0. The molecule has 0 atom stereocenters. The van der Waals surface area contributed by atoms with Crippen LogP contribution in [0.4, 0.5) is 4.39 Å². The van der Waals surface area contributed by atoms with Gasteiger partial charge in [0.2, 0.25) is 0 Å². The van der Waals surface area contributed by atoms with Gasteiger partial charge in [0.15, 0.2) is 0 Å². The molecule has 1 amide bonds. The van der Waals surface area contributed by atoms with Gasteiger partial charge in [0, 0.05) is 10.5 Å². The third-order valence-electron chi connectivity index (χ3n) is 5.70. The first-order valence-corrected chi connectivity index (χ1v) is 8.65. The number of hydrogen-bond acceptors (Lipinski definition) is 1. The number of rotatable bonds is 2. The summed E-state index contributed by atoms with van der Waals surface area (Å²) in [5.41, 5.74) is 0.159. The molecule has 4 bridgehead atoms. The number of carbonyl (C=O) groups is 1. The smallest absolute Gasteiger partial charge is 0.254 e. The van der Waals surface area contributed by atoms with Gasteiger partial charge >= 0.3 is 0 Å². The monoisotopic (exact) mass is 351 g/mol. The van der Waals surface area contributed by atoms with E-state index in [4.69, 9.17) is 0 Å². The molecule has 0 radical (unpaired) electrons. The molecular formula is C17H19BrFNO. The Labute approximate surface area is 132 Å². The Balaban J connectivity index is 1.52. The van der Waals surface area contributed by atoms with Crippen molar-refractivity contribution in [1.29, 1.82) is 0 Å². The zero-order valence-corrected chi connectivity index (χ0v) is 13.4. The van der Waals surface area contributed by atoms with Crippen LogP contribution in [0.5, 0.6) is 0 Å². The Morgan fingerprint density at radius 1 is 1.10 bits per heavy atom. The Morgan fingerprint density at radius 3 is 2.29 bits per heavy atom. The molecule has 1 N–H and O–H groups in total. The predicted molar refractivity (Wildman–Crippen MR) is 82.4 cm³/mol. The van der Waals surface area contributed by atoms with Crippen LogP contribution in [0.3, 0.4) is 0 Å². The molecule has 5 rings (SSSR count). The molecule has 1 aromatic carbocycles. The van der Waals surface area contributed by atoms with Crippen molar-refractivity contribution < 1.29 is 9.18 Å². The third kappa shape index (κ3) is 2.41. The Hall–Kier alpha value is -0.900. The van der Waals surface area contributed by atoms with Crippen LogP contribution in [-0.2, 0) is 0 Å². The van der Waals surface area contributed by atoms with Crippen molar-refractivity contribution in [3.05, 3.63) is 34.1 Å². The minimum Gasteiger partial charge on any atom is -0.349 e. The minimum absolute atomic E-state index is 0.159. The molecule has 0 unspecified atom stereocenters. The first kappa shape index (κ1) is 13.7. The number of halogens is 2. The third-order valence-corrected chi connectivity index (χ3v) is 6.19. The molecular weight excluding hydrogens is 333 g/mol. The second kappa shape index (κ2) is 5.08. The number of nitrogens with one attached hydrogen (secondary N) is 1. The topological polar surface area (TPSA) is 29.1 Å². The van der Waals surface area contributed by atoms with E-state index in [2.05, 4.69) is 21.2 Å². The van der Waals surface area contributed by atoms with Crippen molar-refractivity contribution in [3.63, 3.8) is 0 Å². The van der Waals surface area contributed by atoms with Gasteiger partial charge in [0.25, 0.3) is 5.91 Å². The van der Waals surface area contributed by atoms with Crippen molar-refractivity contribution in [3.8, 4) is 0 Å². The molecule has 4 aliphatic carbocycles. The van der Waals surface area contributed by atoms with Crippen LogP contribution in [-0.4, -0.2) is 11.9 Å². The Morgan fingerprint density at radius 2 is 1.71 bits per heavy atom. The fourth-order valence-corrected chi connectivity index (χ4v) is 5.40. The lowest BCUT2D eigenvalue weighted by Crippen LogP contribution is -2.55.